The van der Waals surface area contributed by atoms with E-state index < -0.39 is 0 Å². The fourth-order valence-corrected chi connectivity index (χ4v) is 3.13. The van der Waals surface area contributed by atoms with Crippen LogP contribution < -0.4 is 5.43 Å². The molecule has 0 saturated carbocycles. The second-order valence-corrected chi connectivity index (χ2v) is 6.98. The van der Waals surface area contributed by atoms with Crippen molar-refractivity contribution in [2.45, 2.75) is 6.92 Å². The van der Waals surface area contributed by atoms with E-state index >= 15 is 0 Å². The summed E-state index contributed by atoms with van der Waals surface area (Å²) in [6, 6.07) is 15.2. The van der Waals surface area contributed by atoms with E-state index in [9.17, 15) is 4.79 Å². The molecule has 0 unspecified atom stereocenters. The molecule has 0 fully saturated rings. The number of benzene rings is 1. The first-order chi connectivity index (χ1) is 12.1. The first-order valence-electron chi connectivity index (χ1n) is 7.50. The van der Waals surface area contributed by atoms with Crippen LogP contribution in [0.5, 0.6) is 0 Å². The normalized spacial score (nSPS) is 11.8. The second-order valence-electron chi connectivity index (χ2n) is 5.27. The SMILES string of the molecule is CC(/C=N/NC(=O)c1cc(-c2ccc(Cl)s2)[nH]n1)=C\c1ccccc1. The predicted octanol–water partition coefficient (Wildman–Crippen LogP) is 4.61. The van der Waals surface area contributed by atoms with Crippen LogP contribution in [-0.4, -0.2) is 22.3 Å². The third-order valence-electron chi connectivity index (χ3n) is 3.28. The molecule has 2 aromatic heterocycles. The number of hydrogen-bond donors (Lipinski definition) is 2. The van der Waals surface area contributed by atoms with E-state index in [0.717, 1.165) is 21.7 Å². The number of aromatic amines is 1. The largest absolute Gasteiger partial charge is 0.291 e. The van der Waals surface area contributed by atoms with Gasteiger partial charge in [-0.1, -0.05) is 48.0 Å². The van der Waals surface area contributed by atoms with Gasteiger partial charge in [-0.25, -0.2) is 5.43 Å². The molecule has 1 amide bonds. The van der Waals surface area contributed by atoms with Gasteiger partial charge in [0.15, 0.2) is 5.69 Å². The van der Waals surface area contributed by atoms with Gasteiger partial charge in [0.1, 0.15) is 0 Å². The third kappa shape index (κ3) is 4.65. The highest BCUT2D eigenvalue weighted by molar-refractivity contribution is 7.19. The topological polar surface area (TPSA) is 70.1 Å². The van der Waals surface area contributed by atoms with E-state index in [2.05, 4.69) is 20.7 Å². The van der Waals surface area contributed by atoms with E-state index in [1.165, 1.54) is 11.3 Å². The van der Waals surface area contributed by atoms with Crippen molar-refractivity contribution in [3.8, 4) is 10.6 Å². The average molecular weight is 371 g/mol. The Hall–Kier alpha value is -2.70. The minimum atomic E-state index is -0.381. The molecule has 0 atom stereocenters. The number of nitrogens with zero attached hydrogens (tertiary/aromatic N) is 2. The molecule has 2 heterocycles. The fraction of sp³-hybridized carbons (Fsp3) is 0.0556. The van der Waals surface area contributed by atoms with Gasteiger partial charge in [0.2, 0.25) is 0 Å². The first-order valence-corrected chi connectivity index (χ1v) is 8.69. The number of aromatic nitrogens is 2. The molecule has 1 aromatic carbocycles. The Morgan fingerprint density at radius 1 is 1.28 bits per heavy atom. The van der Waals surface area contributed by atoms with E-state index in [-0.39, 0.29) is 11.6 Å². The lowest BCUT2D eigenvalue weighted by atomic mass is 10.1. The van der Waals surface area contributed by atoms with Crippen LogP contribution in [0.25, 0.3) is 16.6 Å². The van der Waals surface area contributed by atoms with Crippen molar-refractivity contribution in [3.63, 3.8) is 0 Å². The monoisotopic (exact) mass is 370 g/mol. The summed E-state index contributed by atoms with van der Waals surface area (Å²) in [6.45, 7) is 1.91. The van der Waals surface area contributed by atoms with Gasteiger partial charge in [-0.15, -0.1) is 11.3 Å². The molecular formula is C18H15ClN4OS. The van der Waals surface area contributed by atoms with Crippen LogP contribution in [0.3, 0.4) is 0 Å². The Labute approximate surface area is 154 Å². The zero-order valence-electron chi connectivity index (χ0n) is 13.4. The lowest BCUT2D eigenvalue weighted by molar-refractivity contribution is 0.0950. The minimum absolute atomic E-state index is 0.265. The predicted molar refractivity (Wildman–Crippen MR) is 103 cm³/mol. The van der Waals surface area contributed by atoms with Gasteiger partial charge >= 0.3 is 0 Å². The maximum atomic E-state index is 12.1. The maximum absolute atomic E-state index is 12.1. The quantitative estimate of drug-likeness (QED) is 0.508. The Balaban J connectivity index is 1.61. The molecule has 0 bridgehead atoms. The van der Waals surface area contributed by atoms with Crippen molar-refractivity contribution in [1.82, 2.24) is 15.6 Å². The fourth-order valence-electron chi connectivity index (χ4n) is 2.12. The summed E-state index contributed by atoms with van der Waals surface area (Å²) in [6.07, 6.45) is 3.57. The van der Waals surface area contributed by atoms with E-state index in [0.29, 0.717) is 4.34 Å². The summed E-state index contributed by atoms with van der Waals surface area (Å²) < 4.78 is 0.681. The molecule has 3 rings (SSSR count). The van der Waals surface area contributed by atoms with Crippen molar-refractivity contribution < 1.29 is 4.79 Å². The van der Waals surface area contributed by atoms with Crippen LogP contribution in [0.4, 0.5) is 0 Å². The number of H-pyrrole nitrogens is 1. The van der Waals surface area contributed by atoms with E-state index in [1.807, 2.05) is 49.4 Å². The summed E-state index contributed by atoms with van der Waals surface area (Å²) in [4.78, 5) is 13.0. The summed E-state index contributed by atoms with van der Waals surface area (Å²) in [7, 11) is 0. The van der Waals surface area contributed by atoms with Crippen LogP contribution in [0, 0.1) is 0 Å². The van der Waals surface area contributed by atoms with Gasteiger partial charge in [-0.3, -0.25) is 9.89 Å². The third-order valence-corrected chi connectivity index (χ3v) is 4.54. The van der Waals surface area contributed by atoms with Crippen LogP contribution in [-0.2, 0) is 0 Å². The second kappa shape index (κ2) is 7.92. The number of hydrogen-bond acceptors (Lipinski definition) is 4. The number of allylic oxidation sites excluding steroid dienone is 1. The first kappa shape index (κ1) is 17.1. The number of carbonyl (C=O) groups is 1. The zero-order chi connectivity index (χ0) is 17.6. The molecule has 2 N–H and O–H groups in total. The van der Waals surface area contributed by atoms with Gasteiger partial charge in [0, 0.05) is 0 Å². The molecule has 25 heavy (non-hydrogen) atoms. The average Bonchev–Trinajstić information content (AvgIpc) is 3.24. The number of thiophene rings is 1. The van der Waals surface area contributed by atoms with Crippen molar-refractivity contribution in [1.29, 1.82) is 0 Å². The number of carbonyl (C=O) groups excluding carboxylic acids is 1. The number of nitrogens with one attached hydrogen (secondary N) is 2. The van der Waals surface area contributed by atoms with E-state index in [1.54, 1.807) is 18.3 Å². The Morgan fingerprint density at radius 3 is 2.80 bits per heavy atom. The van der Waals surface area contributed by atoms with Crippen molar-refractivity contribution >= 4 is 41.1 Å². The van der Waals surface area contributed by atoms with Crippen molar-refractivity contribution in [2.24, 2.45) is 5.10 Å². The maximum Gasteiger partial charge on any atom is 0.291 e. The van der Waals surface area contributed by atoms with Gasteiger partial charge in [0.25, 0.3) is 5.91 Å². The highest BCUT2D eigenvalue weighted by Crippen LogP contribution is 2.29. The standard InChI is InChI=1S/C18H15ClN4OS/c1-12(9-13-5-3-2-4-6-13)11-20-23-18(24)15-10-14(21-22-15)16-7-8-17(19)25-16/h2-11H,1H3,(H,21,22)(H,23,24)/b12-9+,20-11+. The molecule has 126 valence electrons. The van der Waals surface area contributed by atoms with Crippen molar-refractivity contribution in [2.75, 3.05) is 0 Å². The number of halogens is 1. The molecule has 5 nitrogen and oxygen atoms in total. The summed E-state index contributed by atoms with van der Waals surface area (Å²) in [5.41, 5.74) is 5.47. The smallest absolute Gasteiger partial charge is 0.276 e. The molecule has 3 aromatic rings. The van der Waals surface area contributed by atoms with Crippen LogP contribution in [0.1, 0.15) is 23.0 Å². The highest BCUT2D eigenvalue weighted by Gasteiger charge is 2.11. The Kier molecular flexibility index (Phi) is 5.42. The molecule has 0 aliphatic rings. The van der Waals surface area contributed by atoms with Crippen LogP contribution >= 0.6 is 22.9 Å². The van der Waals surface area contributed by atoms with Crippen LogP contribution in [0.15, 0.2) is 59.2 Å². The summed E-state index contributed by atoms with van der Waals surface area (Å²) in [5.74, 6) is -0.381. The lowest BCUT2D eigenvalue weighted by Gasteiger charge is -1.96. The minimum Gasteiger partial charge on any atom is -0.276 e. The van der Waals surface area contributed by atoms with Gasteiger partial charge < -0.3 is 0 Å². The zero-order valence-corrected chi connectivity index (χ0v) is 14.9. The Morgan fingerprint density at radius 2 is 2.08 bits per heavy atom. The molecule has 0 spiro atoms. The van der Waals surface area contributed by atoms with E-state index in [4.69, 9.17) is 11.6 Å². The van der Waals surface area contributed by atoms with Crippen LogP contribution in [0.2, 0.25) is 4.34 Å². The molecule has 7 heteroatoms. The molecular weight excluding hydrogens is 356 g/mol. The molecule has 0 aliphatic heterocycles. The molecule has 0 radical (unpaired) electrons. The highest BCUT2D eigenvalue weighted by atomic mass is 35.5. The number of rotatable bonds is 5. The van der Waals surface area contributed by atoms with Gasteiger partial charge in [-0.05, 0) is 36.3 Å². The Bertz CT molecular complexity index is 927. The summed E-state index contributed by atoms with van der Waals surface area (Å²) >= 11 is 7.33. The molecule has 0 aliphatic carbocycles. The van der Waals surface area contributed by atoms with Gasteiger partial charge in [0.05, 0.1) is 21.1 Å². The number of hydrazone groups is 1. The molecule has 0 saturated heterocycles. The van der Waals surface area contributed by atoms with Crippen molar-refractivity contribution in [3.05, 3.63) is 69.7 Å². The summed E-state index contributed by atoms with van der Waals surface area (Å²) in [5, 5.41) is 10.8. The lowest BCUT2D eigenvalue weighted by Crippen LogP contribution is -2.17. The van der Waals surface area contributed by atoms with Gasteiger partial charge in [-0.2, -0.15) is 10.2 Å². The number of amides is 1.